The van der Waals surface area contributed by atoms with Gasteiger partial charge in [0.15, 0.2) is 6.61 Å². The Morgan fingerprint density at radius 1 is 1.04 bits per heavy atom. The molecule has 0 spiro atoms. The summed E-state index contributed by atoms with van der Waals surface area (Å²) in [6.45, 7) is 7.87. The summed E-state index contributed by atoms with van der Waals surface area (Å²) >= 11 is 3.45. The van der Waals surface area contributed by atoms with Gasteiger partial charge in [-0.1, -0.05) is 29.8 Å². The molecule has 2 N–H and O–H groups in total. The Labute approximate surface area is 168 Å². The Bertz CT molecular complexity index is 802. The zero-order valence-corrected chi connectivity index (χ0v) is 17.6. The highest BCUT2D eigenvalue weighted by Crippen LogP contribution is 2.29. The van der Waals surface area contributed by atoms with Gasteiger partial charge in [-0.3, -0.25) is 9.59 Å². The third-order valence-corrected chi connectivity index (χ3v) is 4.30. The predicted octanol–water partition coefficient (Wildman–Crippen LogP) is 4.73. The molecule has 2 rings (SSSR count). The fourth-order valence-electron chi connectivity index (χ4n) is 2.49. The van der Waals surface area contributed by atoms with Crippen molar-refractivity contribution in [1.29, 1.82) is 0 Å². The molecule has 27 heavy (non-hydrogen) atoms. The summed E-state index contributed by atoms with van der Waals surface area (Å²) in [6.07, 6.45) is 0. The topological polar surface area (TPSA) is 67.4 Å². The lowest BCUT2D eigenvalue weighted by Crippen LogP contribution is -2.30. The molecule has 0 unspecified atom stereocenters. The van der Waals surface area contributed by atoms with Crippen LogP contribution in [0.1, 0.15) is 49.5 Å². The molecular weight excluding hydrogens is 408 g/mol. The number of hydrogen-bond donors (Lipinski definition) is 2. The molecule has 0 bridgehead atoms. The summed E-state index contributed by atoms with van der Waals surface area (Å²) < 4.78 is 6.67. The smallest absolute Gasteiger partial charge is 0.262 e. The molecule has 2 amide bonds. The number of carbonyl (C=O) groups is 2. The van der Waals surface area contributed by atoms with Crippen molar-refractivity contribution in [1.82, 2.24) is 5.32 Å². The van der Waals surface area contributed by atoms with Gasteiger partial charge in [0, 0.05) is 21.8 Å². The molecule has 0 heterocycles. The number of anilines is 1. The summed E-state index contributed by atoms with van der Waals surface area (Å²) in [5.74, 6) is 0.587. The minimum atomic E-state index is -0.257. The van der Waals surface area contributed by atoms with Crippen molar-refractivity contribution < 1.29 is 14.3 Å². The van der Waals surface area contributed by atoms with E-state index in [1.165, 1.54) is 0 Å². The van der Waals surface area contributed by atoms with E-state index in [9.17, 15) is 9.59 Å². The molecule has 2 aromatic rings. The number of carbonyl (C=O) groups excluding carboxylic acids is 2. The average molecular weight is 433 g/mol. The minimum Gasteiger partial charge on any atom is -0.483 e. The van der Waals surface area contributed by atoms with E-state index in [-0.39, 0.29) is 30.4 Å². The maximum absolute atomic E-state index is 12.2. The van der Waals surface area contributed by atoms with Gasteiger partial charge in [-0.05, 0) is 67.8 Å². The number of ether oxygens (including phenoxy) is 1. The SMILES string of the molecule is CC(C)NC(=O)c1ccc(NC(=O)COc2ccc(Br)cc2C(C)C)cc1. The predicted molar refractivity (Wildman–Crippen MR) is 111 cm³/mol. The molecule has 0 aliphatic carbocycles. The second-order valence-electron chi connectivity index (χ2n) is 6.88. The quantitative estimate of drug-likeness (QED) is 0.664. The maximum Gasteiger partial charge on any atom is 0.262 e. The summed E-state index contributed by atoms with van der Waals surface area (Å²) in [7, 11) is 0. The summed E-state index contributed by atoms with van der Waals surface area (Å²) in [5.41, 5.74) is 2.21. The molecule has 144 valence electrons. The molecule has 2 aromatic carbocycles. The lowest BCUT2D eigenvalue weighted by Gasteiger charge is -2.14. The Morgan fingerprint density at radius 2 is 1.70 bits per heavy atom. The lowest BCUT2D eigenvalue weighted by molar-refractivity contribution is -0.118. The number of nitrogens with one attached hydrogen (secondary N) is 2. The number of benzene rings is 2. The number of hydrogen-bond acceptors (Lipinski definition) is 3. The minimum absolute atomic E-state index is 0.0726. The third-order valence-electron chi connectivity index (χ3n) is 3.80. The molecule has 0 radical (unpaired) electrons. The first kappa shape index (κ1) is 21.0. The normalized spacial score (nSPS) is 10.8. The molecule has 0 atom stereocenters. The number of rotatable bonds is 7. The van der Waals surface area contributed by atoms with Crippen LogP contribution in [-0.2, 0) is 4.79 Å². The zero-order chi connectivity index (χ0) is 20.0. The van der Waals surface area contributed by atoms with Gasteiger partial charge in [0.25, 0.3) is 11.8 Å². The number of amides is 2. The Kier molecular flexibility index (Phi) is 7.42. The van der Waals surface area contributed by atoms with E-state index < -0.39 is 0 Å². The molecule has 5 nitrogen and oxygen atoms in total. The van der Waals surface area contributed by atoms with Crippen molar-refractivity contribution in [3.05, 3.63) is 58.1 Å². The van der Waals surface area contributed by atoms with Crippen molar-refractivity contribution in [2.24, 2.45) is 0 Å². The van der Waals surface area contributed by atoms with Crippen molar-refractivity contribution in [2.45, 2.75) is 39.7 Å². The van der Waals surface area contributed by atoms with Crippen LogP contribution >= 0.6 is 15.9 Å². The summed E-state index contributed by atoms with van der Waals surface area (Å²) in [5, 5.41) is 5.60. The fraction of sp³-hybridized carbons (Fsp3) is 0.333. The molecule has 0 fully saturated rings. The van der Waals surface area contributed by atoms with Gasteiger partial charge in [0.2, 0.25) is 0 Å². The van der Waals surface area contributed by atoms with Gasteiger partial charge >= 0.3 is 0 Å². The van der Waals surface area contributed by atoms with Crippen LogP contribution in [-0.4, -0.2) is 24.5 Å². The number of halogens is 1. The molecule has 0 aliphatic heterocycles. The molecule has 0 saturated carbocycles. The van der Waals surface area contributed by atoms with E-state index in [1.54, 1.807) is 24.3 Å². The van der Waals surface area contributed by atoms with E-state index in [0.717, 1.165) is 10.0 Å². The molecular formula is C21H25BrN2O3. The molecule has 0 aliphatic rings. The van der Waals surface area contributed by atoms with Gasteiger partial charge < -0.3 is 15.4 Å². The van der Waals surface area contributed by atoms with E-state index in [0.29, 0.717) is 17.0 Å². The van der Waals surface area contributed by atoms with E-state index >= 15 is 0 Å². The average Bonchev–Trinajstić information content (AvgIpc) is 2.60. The highest BCUT2D eigenvalue weighted by Gasteiger charge is 2.11. The first-order valence-corrected chi connectivity index (χ1v) is 9.68. The molecule has 6 heteroatoms. The monoisotopic (exact) mass is 432 g/mol. The largest absolute Gasteiger partial charge is 0.483 e. The Morgan fingerprint density at radius 3 is 2.30 bits per heavy atom. The second kappa shape index (κ2) is 9.55. The van der Waals surface area contributed by atoms with Crippen LogP contribution in [0, 0.1) is 0 Å². The van der Waals surface area contributed by atoms with Crippen LogP contribution in [0.3, 0.4) is 0 Å². The standard InChI is InChI=1S/C21H25BrN2O3/c1-13(2)18-11-16(22)7-10-19(18)27-12-20(25)24-17-8-5-15(6-9-17)21(26)23-14(3)4/h5-11,13-14H,12H2,1-4H3,(H,23,26)(H,24,25). The first-order valence-electron chi connectivity index (χ1n) is 8.89. The summed E-state index contributed by atoms with van der Waals surface area (Å²) in [4.78, 5) is 24.1. The second-order valence-corrected chi connectivity index (χ2v) is 7.79. The van der Waals surface area contributed by atoms with E-state index in [2.05, 4.69) is 40.4 Å². The highest BCUT2D eigenvalue weighted by molar-refractivity contribution is 9.10. The molecule has 0 saturated heterocycles. The van der Waals surface area contributed by atoms with Crippen molar-refractivity contribution in [3.8, 4) is 5.75 Å². The molecule has 0 aromatic heterocycles. The van der Waals surface area contributed by atoms with Crippen LogP contribution in [0.2, 0.25) is 0 Å². The van der Waals surface area contributed by atoms with Gasteiger partial charge in [-0.2, -0.15) is 0 Å². The van der Waals surface area contributed by atoms with Crippen LogP contribution in [0.15, 0.2) is 46.9 Å². The lowest BCUT2D eigenvalue weighted by atomic mass is 10.0. The first-order chi connectivity index (χ1) is 12.8. The van der Waals surface area contributed by atoms with Crippen molar-refractivity contribution in [2.75, 3.05) is 11.9 Å². The van der Waals surface area contributed by atoms with Crippen LogP contribution in [0.25, 0.3) is 0 Å². The van der Waals surface area contributed by atoms with Gasteiger partial charge in [-0.25, -0.2) is 0 Å². The fourth-order valence-corrected chi connectivity index (χ4v) is 2.87. The van der Waals surface area contributed by atoms with Crippen LogP contribution in [0.5, 0.6) is 5.75 Å². The Hall–Kier alpha value is -2.34. The van der Waals surface area contributed by atoms with Crippen molar-refractivity contribution >= 4 is 33.4 Å². The highest BCUT2D eigenvalue weighted by atomic mass is 79.9. The van der Waals surface area contributed by atoms with Crippen molar-refractivity contribution in [3.63, 3.8) is 0 Å². The van der Waals surface area contributed by atoms with Gasteiger partial charge in [0.05, 0.1) is 0 Å². The maximum atomic E-state index is 12.2. The van der Waals surface area contributed by atoms with Gasteiger partial charge in [0.1, 0.15) is 5.75 Å². The van der Waals surface area contributed by atoms with Crippen LogP contribution in [0.4, 0.5) is 5.69 Å². The van der Waals surface area contributed by atoms with E-state index in [4.69, 9.17) is 4.74 Å². The zero-order valence-electron chi connectivity index (χ0n) is 16.0. The summed E-state index contributed by atoms with van der Waals surface area (Å²) in [6, 6.07) is 12.6. The van der Waals surface area contributed by atoms with E-state index in [1.807, 2.05) is 32.0 Å². The van der Waals surface area contributed by atoms with Crippen LogP contribution < -0.4 is 15.4 Å². The third kappa shape index (κ3) is 6.40. The Balaban J connectivity index is 1.94. The van der Waals surface area contributed by atoms with Gasteiger partial charge in [-0.15, -0.1) is 0 Å².